The van der Waals surface area contributed by atoms with Crippen LogP contribution in [0, 0.1) is 9.39 Å². The summed E-state index contributed by atoms with van der Waals surface area (Å²) in [6, 6.07) is 7.79. The molecule has 0 saturated heterocycles. The first-order valence-electron chi connectivity index (χ1n) is 7.59. The Morgan fingerprint density at radius 3 is 2.69 bits per heavy atom. The molecule has 5 N–H and O–H groups in total. The minimum absolute atomic E-state index is 0.0599. The molecule has 1 amide bonds. The lowest BCUT2D eigenvalue weighted by atomic mass is 10.1. The third-order valence-electron chi connectivity index (χ3n) is 3.43. The van der Waals surface area contributed by atoms with Gasteiger partial charge in [0.15, 0.2) is 0 Å². The van der Waals surface area contributed by atoms with Gasteiger partial charge in [-0.25, -0.2) is 4.39 Å². The number of hydrogen-bond donors (Lipinski definition) is 4. The summed E-state index contributed by atoms with van der Waals surface area (Å²) in [6.07, 6.45) is -0.743. The van der Waals surface area contributed by atoms with E-state index in [9.17, 15) is 14.3 Å². The predicted octanol–water partition coefficient (Wildman–Crippen LogP) is 3.16. The monoisotopic (exact) mass is 538 g/mol. The SMILES string of the molecule is NC(=O)c1c(Nc2ccc(I)cc2F)cc(Br)cc1OCC[C@@H](O)CO. The van der Waals surface area contributed by atoms with E-state index < -0.39 is 17.8 Å². The van der Waals surface area contributed by atoms with Gasteiger partial charge in [-0.15, -0.1) is 0 Å². The molecule has 0 spiro atoms. The van der Waals surface area contributed by atoms with Crippen LogP contribution in [-0.2, 0) is 0 Å². The van der Waals surface area contributed by atoms with Crippen molar-refractivity contribution in [3.63, 3.8) is 0 Å². The van der Waals surface area contributed by atoms with Crippen LogP contribution in [0.1, 0.15) is 16.8 Å². The highest BCUT2D eigenvalue weighted by molar-refractivity contribution is 14.1. The summed E-state index contributed by atoms with van der Waals surface area (Å²) in [4.78, 5) is 11.9. The molecule has 1 atom stereocenters. The van der Waals surface area contributed by atoms with Gasteiger partial charge in [-0.05, 0) is 52.9 Å². The van der Waals surface area contributed by atoms with Crippen LogP contribution in [0.15, 0.2) is 34.8 Å². The summed E-state index contributed by atoms with van der Waals surface area (Å²) in [5.74, 6) is -1.03. The molecule has 6 nitrogen and oxygen atoms in total. The second kappa shape index (κ2) is 9.49. The van der Waals surface area contributed by atoms with Gasteiger partial charge in [0, 0.05) is 14.5 Å². The third kappa shape index (κ3) is 5.53. The molecule has 9 heteroatoms. The van der Waals surface area contributed by atoms with Gasteiger partial charge in [0.25, 0.3) is 5.91 Å². The number of primary amides is 1. The van der Waals surface area contributed by atoms with E-state index in [1.54, 1.807) is 24.3 Å². The molecule has 0 unspecified atom stereocenters. The fraction of sp³-hybridized carbons (Fsp3) is 0.235. The lowest BCUT2D eigenvalue weighted by Crippen LogP contribution is -2.19. The van der Waals surface area contributed by atoms with E-state index in [1.165, 1.54) is 6.07 Å². The van der Waals surface area contributed by atoms with Gasteiger partial charge < -0.3 is 26.0 Å². The van der Waals surface area contributed by atoms with Gasteiger partial charge in [-0.2, -0.15) is 0 Å². The van der Waals surface area contributed by atoms with Crippen molar-refractivity contribution in [2.75, 3.05) is 18.5 Å². The Hall–Kier alpha value is -1.43. The van der Waals surface area contributed by atoms with Crippen LogP contribution in [-0.4, -0.2) is 35.4 Å². The van der Waals surface area contributed by atoms with Crippen LogP contribution in [0.4, 0.5) is 15.8 Å². The molecule has 0 heterocycles. The highest BCUT2D eigenvalue weighted by atomic mass is 127. The Morgan fingerprint density at radius 1 is 1.35 bits per heavy atom. The number of halogens is 3. The van der Waals surface area contributed by atoms with E-state index in [-0.39, 0.29) is 42.3 Å². The molecule has 2 rings (SSSR count). The Kier molecular flexibility index (Phi) is 7.62. The van der Waals surface area contributed by atoms with Gasteiger partial charge in [0.1, 0.15) is 17.1 Å². The van der Waals surface area contributed by atoms with Crippen LogP contribution in [0.2, 0.25) is 0 Å². The summed E-state index contributed by atoms with van der Waals surface area (Å²) in [6.45, 7) is -0.320. The lowest BCUT2D eigenvalue weighted by molar-refractivity contribution is 0.0751. The number of benzene rings is 2. The van der Waals surface area contributed by atoms with Crippen LogP contribution >= 0.6 is 38.5 Å². The first kappa shape index (κ1) is 20.9. The zero-order valence-corrected chi connectivity index (χ0v) is 17.3. The highest BCUT2D eigenvalue weighted by Crippen LogP contribution is 2.34. The summed E-state index contributed by atoms with van der Waals surface area (Å²) >= 11 is 5.31. The van der Waals surface area contributed by atoms with E-state index in [4.69, 9.17) is 15.6 Å². The van der Waals surface area contributed by atoms with Crippen molar-refractivity contribution < 1.29 is 24.1 Å². The number of nitrogens with one attached hydrogen (secondary N) is 1. The maximum atomic E-state index is 14.1. The topological polar surface area (TPSA) is 105 Å². The number of ether oxygens (including phenoxy) is 1. The van der Waals surface area contributed by atoms with Crippen molar-refractivity contribution in [3.8, 4) is 5.75 Å². The van der Waals surface area contributed by atoms with Crippen molar-refractivity contribution in [1.29, 1.82) is 0 Å². The highest BCUT2D eigenvalue weighted by Gasteiger charge is 2.18. The third-order valence-corrected chi connectivity index (χ3v) is 4.56. The number of aliphatic hydroxyl groups is 2. The average Bonchev–Trinajstić information content (AvgIpc) is 2.56. The minimum Gasteiger partial charge on any atom is -0.493 e. The summed E-state index contributed by atoms with van der Waals surface area (Å²) < 4.78 is 21.0. The molecule has 26 heavy (non-hydrogen) atoms. The zero-order valence-electron chi connectivity index (χ0n) is 13.5. The second-order valence-corrected chi connectivity index (χ2v) is 7.57. The first-order valence-corrected chi connectivity index (χ1v) is 9.46. The van der Waals surface area contributed by atoms with Gasteiger partial charge in [0.05, 0.1) is 30.7 Å². The number of hydrogen-bond acceptors (Lipinski definition) is 5. The van der Waals surface area contributed by atoms with E-state index in [0.717, 1.165) is 3.57 Å². The number of amides is 1. The smallest absolute Gasteiger partial charge is 0.254 e. The summed E-state index contributed by atoms with van der Waals surface area (Å²) in [7, 11) is 0. The molecule has 0 aromatic heterocycles. The molecule has 0 radical (unpaired) electrons. The maximum Gasteiger partial charge on any atom is 0.254 e. The number of carbonyl (C=O) groups is 1. The largest absolute Gasteiger partial charge is 0.493 e. The number of rotatable bonds is 8. The molecule has 0 fully saturated rings. The van der Waals surface area contributed by atoms with E-state index >= 15 is 0 Å². The van der Waals surface area contributed by atoms with E-state index in [0.29, 0.717) is 4.47 Å². The molecule has 140 valence electrons. The Bertz CT molecular complexity index is 807. The second-order valence-electron chi connectivity index (χ2n) is 5.41. The van der Waals surface area contributed by atoms with Crippen LogP contribution < -0.4 is 15.8 Å². The summed E-state index contributed by atoms with van der Waals surface area (Å²) in [5, 5.41) is 21.1. The zero-order chi connectivity index (χ0) is 19.3. The van der Waals surface area contributed by atoms with E-state index in [1.807, 2.05) is 22.6 Å². The molecule has 0 aliphatic heterocycles. The number of anilines is 2. The average molecular weight is 539 g/mol. The molecule has 2 aromatic rings. The Labute approximate surface area is 171 Å². The van der Waals surface area contributed by atoms with Gasteiger partial charge >= 0.3 is 0 Å². The minimum atomic E-state index is -0.919. The number of nitrogens with two attached hydrogens (primary N) is 1. The Morgan fingerprint density at radius 2 is 2.08 bits per heavy atom. The van der Waals surface area contributed by atoms with Gasteiger partial charge in [-0.1, -0.05) is 15.9 Å². The fourth-order valence-electron chi connectivity index (χ4n) is 2.18. The van der Waals surface area contributed by atoms with Crippen LogP contribution in [0.5, 0.6) is 5.75 Å². The maximum absolute atomic E-state index is 14.1. The quantitative estimate of drug-likeness (QED) is 0.386. The molecular formula is C17H17BrFIN2O4. The summed E-state index contributed by atoms with van der Waals surface area (Å²) in [5.41, 5.74) is 6.01. The molecule has 0 bridgehead atoms. The van der Waals surface area contributed by atoms with Crippen molar-refractivity contribution in [2.45, 2.75) is 12.5 Å². The molecule has 0 aliphatic carbocycles. The van der Waals surface area contributed by atoms with Crippen molar-refractivity contribution in [2.24, 2.45) is 5.73 Å². The van der Waals surface area contributed by atoms with Crippen LogP contribution in [0.25, 0.3) is 0 Å². The van der Waals surface area contributed by atoms with E-state index in [2.05, 4.69) is 21.2 Å². The molecule has 2 aromatic carbocycles. The van der Waals surface area contributed by atoms with Gasteiger partial charge in [-0.3, -0.25) is 4.79 Å². The van der Waals surface area contributed by atoms with Gasteiger partial charge in [0.2, 0.25) is 0 Å². The predicted molar refractivity (Wildman–Crippen MR) is 108 cm³/mol. The number of aliphatic hydroxyl groups excluding tert-OH is 2. The molecular weight excluding hydrogens is 522 g/mol. The molecule has 0 saturated carbocycles. The fourth-order valence-corrected chi connectivity index (χ4v) is 3.07. The lowest BCUT2D eigenvalue weighted by Gasteiger charge is -2.17. The standard InChI is InChI=1S/C17H17BrFIN2O4/c18-9-5-14(22-13-2-1-10(20)7-12(13)19)16(17(21)25)15(6-9)26-4-3-11(24)8-23/h1-2,5-7,11,22-24H,3-4,8H2,(H2,21,25)/t11-/m1/s1. The molecule has 0 aliphatic rings. The van der Waals surface area contributed by atoms with Crippen molar-refractivity contribution in [3.05, 3.63) is 49.8 Å². The number of carbonyl (C=O) groups excluding carboxylic acids is 1. The first-order chi connectivity index (χ1) is 12.3. The Balaban J connectivity index is 2.34. The van der Waals surface area contributed by atoms with Crippen molar-refractivity contribution >= 4 is 55.8 Å². The van der Waals surface area contributed by atoms with Crippen molar-refractivity contribution in [1.82, 2.24) is 0 Å². The van der Waals surface area contributed by atoms with Crippen LogP contribution in [0.3, 0.4) is 0 Å². The normalized spacial score (nSPS) is 11.9.